The standard InChI is InChI=1S/C20H15N3O2/c1-13(22-23-20(24)15-6-4-10-21-12-15)19-11-17-16-7-3-2-5-14(16)8-9-18(17)25-19/h2-12H,1H3,(H,23,24)/b22-13-. The van der Waals surface area contributed by atoms with Gasteiger partial charge in [-0.2, -0.15) is 5.10 Å². The minimum absolute atomic E-state index is 0.311. The van der Waals surface area contributed by atoms with Gasteiger partial charge < -0.3 is 4.42 Å². The van der Waals surface area contributed by atoms with Crippen LogP contribution in [0.3, 0.4) is 0 Å². The molecule has 0 saturated carbocycles. The SMILES string of the molecule is C/C(=N/NC(=O)c1cccnc1)c1cc2c(ccc3ccccc32)o1. The van der Waals surface area contributed by atoms with Gasteiger partial charge in [0.15, 0.2) is 5.76 Å². The Bertz CT molecular complexity index is 1100. The van der Waals surface area contributed by atoms with Crippen LogP contribution >= 0.6 is 0 Å². The zero-order chi connectivity index (χ0) is 17.2. The molecule has 0 aliphatic rings. The molecule has 5 heteroatoms. The van der Waals surface area contributed by atoms with Gasteiger partial charge in [0, 0.05) is 17.8 Å². The predicted molar refractivity (Wildman–Crippen MR) is 97.6 cm³/mol. The number of amides is 1. The van der Waals surface area contributed by atoms with E-state index in [2.05, 4.69) is 27.6 Å². The van der Waals surface area contributed by atoms with Crippen molar-refractivity contribution < 1.29 is 9.21 Å². The van der Waals surface area contributed by atoms with Crippen LogP contribution in [0.5, 0.6) is 0 Å². The topological polar surface area (TPSA) is 67.5 Å². The Morgan fingerprint density at radius 1 is 1.08 bits per heavy atom. The molecule has 1 amide bonds. The van der Waals surface area contributed by atoms with Crippen molar-refractivity contribution in [1.82, 2.24) is 10.4 Å². The van der Waals surface area contributed by atoms with Gasteiger partial charge in [-0.1, -0.05) is 30.3 Å². The third-order valence-corrected chi connectivity index (χ3v) is 4.03. The fourth-order valence-corrected chi connectivity index (χ4v) is 2.72. The fraction of sp³-hybridized carbons (Fsp3) is 0.0500. The summed E-state index contributed by atoms with van der Waals surface area (Å²) in [6, 6.07) is 17.5. The van der Waals surface area contributed by atoms with Gasteiger partial charge in [0.05, 0.1) is 5.56 Å². The first-order chi connectivity index (χ1) is 12.2. The highest BCUT2D eigenvalue weighted by Crippen LogP contribution is 2.28. The molecular formula is C20H15N3O2. The van der Waals surface area contributed by atoms with Gasteiger partial charge in [-0.05, 0) is 42.0 Å². The molecule has 4 rings (SSSR count). The summed E-state index contributed by atoms with van der Waals surface area (Å²) in [4.78, 5) is 16.0. The third-order valence-electron chi connectivity index (χ3n) is 4.03. The van der Waals surface area contributed by atoms with Crippen molar-refractivity contribution in [3.63, 3.8) is 0 Å². The largest absolute Gasteiger partial charge is 0.455 e. The Kier molecular flexibility index (Phi) is 3.74. The number of furan rings is 1. The first-order valence-corrected chi connectivity index (χ1v) is 7.89. The average molecular weight is 329 g/mol. The van der Waals surface area contributed by atoms with Crippen molar-refractivity contribution in [2.75, 3.05) is 0 Å². The molecule has 25 heavy (non-hydrogen) atoms. The van der Waals surface area contributed by atoms with Gasteiger partial charge >= 0.3 is 0 Å². The van der Waals surface area contributed by atoms with E-state index in [-0.39, 0.29) is 5.91 Å². The molecule has 0 atom stereocenters. The summed E-state index contributed by atoms with van der Waals surface area (Å²) in [7, 11) is 0. The smallest absolute Gasteiger partial charge is 0.272 e. The Balaban J connectivity index is 1.64. The monoisotopic (exact) mass is 329 g/mol. The van der Waals surface area contributed by atoms with Gasteiger partial charge in [0.2, 0.25) is 0 Å². The number of benzene rings is 2. The number of carbonyl (C=O) groups excluding carboxylic acids is 1. The predicted octanol–water partition coefficient (Wildman–Crippen LogP) is 4.14. The van der Waals surface area contributed by atoms with Crippen molar-refractivity contribution in [2.24, 2.45) is 5.10 Å². The number of nitrogens with zero attached hydrogens (tertiary/aromatic N) is 2. The normalized spacial score (nSPS) is 11.8. The number of pyridine rings is 1. The van der Waals surface area contributed by atoms with E-state index in [0.717, 1.165) is 21.7 Å². The van der Waals surface area contributed by atoms with Crippen LogP contribution < -0.4 is 5.43 Å². The fourth-order valence-electron chi connectivity index (χ4n) is 2.72. The van der Waals surface area contributed by atoms with Gasteiger partial charge in [-0.15, -0.1) is 0 Å². The van der Waals surface area contributed by atoms with E-state index < -0.39 is 0 Å². The lowest BCUT2D eigenvalue weighted by atomic mass is 10.1. The zero-order valence-corrected chi connectivity index (χ0v) is 13.6. The molecule has 122 valence electrons. The number of hydrogen-bond donors (Lipinski definition) is 1. The average Bonchev–Trinajstić information content (AvgIpc) is 3.11. The Morgan fingerprint density at radius 3 is 2.80 bits per heavy atom. The molecule has 2 heterocycles. The molecule has 1 N–H and O–H groups in total. The maximum Gasteiger partial charge on any atom is 0.272 e. The number of rotatable bonds is 3. The van der Waals surface area contributed by atoms with Crippen molar-refractivity contribution in [3.8, 4) is 0 Å². The lowest BCUT2D eigenvalue weighted by Gasteiger charge is -2.00. The molecule has 2 aromatic carbocycles. The Hall–Kier alpha value is -3.47. The molecule has 4 aromatic rings. The van der Waals surface area contributed by atoms with E-state index in [9.17, 15) is 4.79 Å². The van der Waals surface area contributed by atoms with Crippen molar-refractivity contribution in [3.05, 3.63) is 78.3 Å². The second-order valence-corrected chi connectivity index (χ2v) is 5.69. The minimum Gasteiger partial charge on any atom is -0.455 e. The highest BCUT2D eigenvalue weighted by atomic mass is 16.3. The molecule has 0 saturated heterocycles. The van der Waals surface area contributed by atoms with E-state index in [1.807, 2.05) is 30.3 Å². The number of carbonyl (C=O) groups is 1. The molecule has 0 aliphatic heterocycles. The zero-order valence-electron chi connectivity index (χ0n) is 13.6. The molecular weight excluding hydrogens is 314 g/mol. The summed E-state index contributed by atoms with van der Waals surface area (Å²) in [5.41, 5.74) is 4.37. The summed E-state index contributed by atoms with van der Waals surface area (Å²) in [6.07, 6.45) is 3.11. The first kappa shape index (κ1) is 15.1. The minimum atomic E-state index is -0.311. The highest BCUT2D eigenvalue weighted by molar-refractivity contribution is 6.09. The summed E-state index contributed by atoms with van der Waals surface area (Å²) >= 11 is 0. The molecule has 0 fully saturated rings. The molecule has 2 aromatic heterocycles. The molecule has 5 nitrogen and oxygen atoms in total. The summed E-state index contributed by atoms with van der Waals surface area (Å²) in [5, 5.41) is 7.45. The van der Waals surface area contributed by atoms with E-state index in [1.54, 1.807) is 25.3 Å². The summed E-state index contributed by atoms with van der Waals surface area (Å²) in [5.74, 6) is 0.312. The lowest BCUT2D eigenvalue weighted by molar-refractivity contribution is 0.0954. The van der Waals surface area contributed by atoms with Gasteiger partial charge in [-0.3, -0.25) is 9.78 Å². The maximum atomic E-state index is 12.0. The summed E-state index contributed by atoms with van der Waals surface area (Å²) in [6.45, 7) is 1.80. The molecule has 0 aliphatic carbocycles. The number of fused-ring (bicyclic) bond motifs is 3. The number of nitrogens with one attached hydrogen (secondary N) is 1. The van der Waals surface area contributed by atoms with Gasteiger partial charge in [-0.25, -0.2) is 5.43 Å². The molecule has 0 unspecified atom stereocenters. The maximum absolute atomic E-state index is 12.0. The van der Waals surface area contributed by atoms with Crippen molar-refractivity contribution >= 4 is 33.4 Å². The number of aromatic nitrogens is 1. The number of hydrogen-bond acceptors (Lipinski definition) is 4. The van der Waals surface area contributed by atoms with E-state index in [0.29, 0.717) is 17.0 Å². The van der Waals surface area contributed by atoms with Crippen LogP contribution in [0.15, 0.2) is 76.5 Å². The second kappa shape index (κ2) is 6.20. The van der Waals surface area contributed by atoms with Crippen LogP contribution in [0.25, 0.3) is 21.7 Å². The van der Waals surface area contributed by atoms with Crippen LogP contribution in [0, 0.1) is 0 Å². The van der Waals surface area contributed by atoms with Crippen LogP contribution in [-0.2, 0) is 0 Å². The molecule has 0 spiro atoms. The van der Waals surface area contributed by atoms with Crippen LogP contribution in [0.2, 0.25) is 0 Å². The Labute approximate surface area is 144 Å². The Morgan fingerprint density at radius 2 is 1.96 bits per heavy atom. The van der Waals surface area contributed by atoms with E-state index in [4.69, 9.17) is 4.42 Å². The van der Waals surface area contributed by atoms with Gasteiger partial charge in [0.25, 0.3) is 5.91 Å². The quantitative estimate of drug-likeness (QED) is 0.454. The number of hydrazone groups is 1. The lowest BCUT2D eigenvalue weighted by Crippen LogP contribution is -2.19. The van der Waals surface area contributed by atoms with Gasteiger partial charge in [0.1, 0.15) is 11.3 Å². The van der Waals surface area contributed by atoms with E-state index >= 15 is 0 Å². The second-order valence-electron chi connectivity index (χ2n) is 5.69. The van der Waals surface area contributed by atoms with E-state index in [1.165, 1.54) is 6.20 Å². The van der Waals surface area contributed by atoms with Crippen molar-refractivity contribution in [1.29, 1.82) is 0 Å². The molecule has 0 radical (unpaired) electrons. The van der Waals surface area contributed by atoms with Crippen LogP contribution in [0.1, 0.15) is 23.0 Å². The van der Waals surface area contributed by atoms with Crippen molar-refractivity contribution in [2.45, 2.75) is 6.92 Å². The van der Waals surface area contributed by atoms with Crippen LogP contribution in [-0.4, -0.2) is 16.6 Å². The summed E-state index contributed by atoms with van der Waals surface area (Å²) < 4.78 is 5.88. The molecule has 0 bridgehead atoms. The highest BCUT2D eigenvalue weighted by Gasteiger charge is 2.10. The van der Waals surface area contributed by atoms with Crippen LogP contribution in [0.4, 0.5) is 0 Å². The third kappa shape index (κ3) is 2.87. The first-order valence-electron chi connectivity index (χ1n) is 7.89.